The highest BCUT2D eigenvalue weighted by molar-refractivity contribution is 5.80. The third-order valence-corrected chi connectivity index (χ3v) is 3.32. The third kappa shape index (κ3) is 3.10. The van der Waals surface area contributed by atoms with E-state index in [0.717, 1.165) is 5.82 Å². The van der Waals surface area contributed by atoms with Crippen LogP contribution in [0.1, 0.15) is 39.1 Å². The minimum absolute atomic E-state index is 0.175. The third-order valence-electron chi connectivity index (χ3n) is 3.32. The number of likely N-dealkylation sites (N-methyl/N-ethyl adjacent to an activating group) is 1. The average molecular weight is 253 g/mol. The molecule has 0 bridgehead atoms. The maximum absolute atomic E-state index is 12.0. The molecule has 5 nitrogen and oxygen atoms in total. The molecule has 0 spiro atoms. The van der Waals surface area contributed by atoms with Gasteiger partial charge in [-0.1, -0.05) is 0 Å². The van der Waals surface area contributed by atoms with Crippen molar-refractivity contribution in [3.05, 3.63) is 18.2 Å². The Kier molecular flexibility index (Phi) is 4.90. The van der Waals surface area contributed by atoms with Crippen molar-refractivity contribution < 1.29 is 9.53 Å². The number of imidazole rings is 1. The number of aromatic nitrogens is 2. The lowest BCUT2D eigenvalue weighted by Crippen LogP contribution is -2.49. The SMILES string of the molecule is CCOC(=O)C(C)(CC(C)n1ccnc1C)NC. The average Bonchev–Trinajstić information content (AvgIpc) is 2.75. The summed E-state index contributed by atoms with van der Waals surface area (Å²) in [5.41, 5.74) is -0.674. The summed E-state index contributed by atoms with van der Waals surface area (Å²) in [6, 6.07) is 0.175. The number of nitrogens with one attached hydrogen (secondary N) is 1. The van der Waals surface area contributed by atoms with E-state index < -0.39 is 5.54 Å². The molecule has 1 rings (SSSR count). The number of nitrogens with zero attached hydrogens (tertiary/aromatic N) is 2. The quantitative estimate of drug-likeness (QED) is 0.784. The fraction of sp³-hybridized carbons (Fsp3) is 0.692. The Bertz CT molecular complexity index is 403. The molecular weight excluding hydrogens is 230 g/mol. The smallest absolute Gasteiger partial charge is 0.326 e. The highest BCUT2D eigenvalue weighted by Crippen LogP contribution is 2.23. The molecule has 0 aliphatic heterocycles. The number of hydrogen-bond donors (Lipinski definition) is 1. The van der Waals surface area contributed by atoms with Crippen LogP contribution in [-0.2, 0) is 9.53 Å². The largest absolute Gasteiger partial charge is 0.465 e. The lowest BCUT2D eigenvalue weighted by molar-refractivity contribution is -0.151. The second-order valence-corrected chi connectivity index (χ2v) is 4.74. The molecule has 2 unspecified atom stereocenters. The van der Waals surface area contributed by atoms with Crippen molar-refractivity contribution in [1.29, 1.82) is 0 Å². The van der Waals surface area contributed by atoms with Gasteiger partial charge in [0.2, 0.25) is 0 Å². The van der Waals surface area contributed by atoms with E-state index in [0.29, 0.717) is 13.0 Å². The fourth-order valence-corrected chi connectivity index (χ4v) is 2.12. The molecule has 0 saturated carbocycles. The molecule has 18 heavy (non-hydrogen) atoms. The number of hydrogen-bond acceptors (Lipinski definition) is 4. The van der Waals surface area contributed by atoms with Gasteiger partial charge in [-0.05, 0) is 41.2 Å². The van der Waals surface area contributed by atoms with Crippen LogP contribution >= 0.6 is 0 Å². The van der Waals surface area contributed by atoms with Crippen LogP contribution in [0.2, 0.25) is 0 Å². The maximum atomic E-state index is 12.0. The molecule has 0 aromatic carbocycles. The molecule has 0 amide bonds. The van der Waals surface area contributed by atoms with E-state index in [2.05, 4.69) is 21.8 Å². The van der Waals surface area contributed by atoms with Crippen molar-refractivity contribution in [2.45, 2.75) is 45.7 Å². The monoisotopic (exact) mass is 253 g/mol. The van der Waals surface area contributed by atoms with Crippen LogP contribution in [0.4, 0.5) is 0 Å². The summed E-state index contributed by atoms with van der Waals surface area (Å²) in [6.45, 7) is 8.11. The highest BCUT2D eigenvalue weighted by Gasteiger charge is 2.35. The van der Waals surface area contributed by atoms with Gasteiger partial charge in [-0.2, -0.15) is 0 Å². The first kappa shape index (κ1) is 14.7. The minimum Gasteiger partial charge on any atom is -0.465 e. The number of rotatable bonds is 6. The Labute approximate surface area is 109 Å². The second kappa shape index (κ2) is 6.00. The van der Waals surface area contributed by atoms with Gasteiger partial charge < -0.3 is 14.6 Å². The van der Waals surface area contributed by atoms with Crippen LogP contribution in [0, 0.1) is 6.92 Å². The number of ether oxygens (including phenoxy) is 1. The zero-order valence-corrected chi connectivity index (χ0v) is 11.9. The van der Waals surface area contributed by atoms with E-state index in [-0.39, 0.29) is 12.0 Å². The minimum atomic E-state index is -0.674. The van der Waals surface area contributed by atoms with Crippen molar-refractivity contribution in [2.24, 2.45) is 0 Å². The van der Waals surface area contributed by atoms with Crippen molar-refractivity contribution in [3.8, 4) is 0 Å². The molecular formula is C13H23N3O2. The molecule has 0 radical (unpaired) electrons. The van der Waals surface area contributed by atoms with Crippen molar-refractivity contribution in [2.75, 3.05) is 13.7 Å². The number of carbonyl (C=O) groups is 1. The summed E-state index contributed by atoms with van der Waals surface area (Å²) >= 11 is 0. The Morgan fingerprint density at radius 3 is 2.78 bits per heavy atom. The zero-order valence-electron chi connectivity index (χ0n) is 11.9. The molecule has 0 fully saturated rings. The second-order valence-electron chi connectivity index (χ2n) is 4.74. The van der Waals surface area contributed by atoms with Gasteiger partial charge in [-0.15, -0.1) is 0 Å². The van der Waals surface area contributed by atoms with Gasteiger partial charge in [-0.25, -0.2) is 4.98 Å². The zero-order chi connectivity index (χ0) is 13.8. The van der Waals surface area contributed by atoms with Gasteiger partial charge in [0.1, 0.15) is 11.4 Å². The molecule has 5 heteroatoms. The van der Waals surface area contributed by atoms with E-state index in [9.17, 15) is 4.79 Å². The van der Waals surface area contributed by atoms with Gasteiger partial charge in [0.05, 0.1) is 6.61 Å². The van der Waals surface area contributed by atoms with E-state index >= 15 is 0 Å². The Morgan fingerprint density at radius 1 is 1.67 bits per heavy atom. The molecule has 0 saturated heterocycles. The maximum Gasteiger partial charge on any atom is 0.326 e. The molecule has 2 atom stereocenters. The number of aryl methyl sites for hydroxylation is 1. The summed E-state index contributed by atoms with van der Waals surface area (Å²) in [7, 11) is 1.78. The molecule has 0 aliphatic carbocycles. The highest BCUT2D eigenvalue weighted by atomic mass is 16.5. The first-order chi connectivity index (χ1) is 8.44. The van der Waals surface area contributed by atoms with Gasteiger partial charge in [-0.3, -0.25) is 4.79 Å². The van der Waals surface area contributed by atoms with E-state index in [4.69, 9.17) is 4.74 Å². The van der Waals surface area contributed by atoms with Crippen LogP contribution in [-0.4, -0.2) is 34.7 Å². The van der Waals surface area contributed by atoms with E-state index in [1.54, 1.807) is 13.2 Å². The van der Waals surface area contributed by atoms with Crippen molar-refractivity contribution >= 4 is 5.97 Å². The standard InChI is InChI=1S/C13H23N3O2/c1-6-18-12(17)13(4,14-5)9-10(2)16-8-7-15-11(16)3/h7-8,10,14H,6,9H2,1-5H3. The van der Waals surface area contributed by atoms with Crippen LogP contribution in [0.3, 0.4) is 0 Å². The lowest BCUT2D eigenvalue weighted by atomic mass is 9.93. The van der Waals surface area contributed by atoms with E-state index in [1.165, 1.54) is 0 Å². The first-order valence-electron chi connectivity index (χ1n) is 6.30. The van der Waals surface area contributed by atoms with Gasteiger partial charge in [0.15, 0.2) is 0 Å². The van der Waals surface area contributed by atoms with Crippen LogP contribution < -0.4 is 5.32 Å². The summed E-state index contributed by atoms with van der Waals surface area (Å²) in [6.07, 6.45) is 4.35. The predicted molar refractivity (Wildman–Crippen MR) is 70.4 cm³/mol. The Hall–Kier alpha value is -1.36. The normalized spacial score (nSPS) is 16.1. The summed E-state index contributed by atoms with van der Waals surface area (Å²) in [5.74, 6) is 0.738. The molecule has 1 aromatic heterocycles. The summed E-state index contributed by atoms with van der Waals surface area (Å²) in [4.78, 5) is 16.2. The Morgan fingerprint density at radius 2 is 2.33 bits per heavy atom. The van der Waals surface area contributed by atoms with Crippen LogP contribution in [0.25, 0.3) is 0 Å². The molecule has 1 heterocycles. The lowest BCUT2D eigenvalue weighted by Gasteiger charge is -2.30. The van der Waals surface area contributed by atoms with Crippen molar-refractivity contribution in [3.63, 3.8) is 0 Å². The van der Waals surface area contributed by atoms with Gasteiger partial charge in [0, 0.05) is 18.4 Å². The fourth-order valence-electron chi connectivity index (χ4n) is 2.12. The molecule has 1 N–H and O–H groups in total. The predicted octanol–water partition coefficient (Wildman–Crippen LogP) is 1.68. The van der Waals surface area contributed by atoms with Crippen molar-refractivity contribution in [1.82, 2.24) is 14.9 Å². The molecule has 1 aromatic rings. The molecule has 102 valence electrons. The summed E-state index contributed by atoms with van der Waals surface area (Å²) in [5, 5.41) is 3.07. The van der Waals surface area contributed by atoms with Gasteiger partial charge in [0.25, 0.3) is 0 Å². The van der Waals surface area contributed by atoms with Crippen LogP contribution in [0.15, 0.2) is 12.4 Å². The Balaban J connectivity index is 2.80. The van der Waals surface area contributed by atoms with E-state index in [1.807, 2.05) is 27.0 Å². The van der Waals surface area contributed by atoms with Crippen LogP contribution in [0.5, 0.6) is 0 Å². The summed E-state index contributed by atoms with van der Waals surface area (Å²) < 4.78 is 7.18. The first-order valence-corrected chi connectivity index (χ1v) is 6.30. The molecule has 0 aliphatic rings. The topological polar surface area (TPSA) is 56.2 Å². The number of carbonyl (C=O) groups excluding carboxylic acids is 1. The van der Waals surface area contributed by atoms with Gasteiger partial charge >= 0.3 is 5.97 Å². The number of esters is 1.